The van der Waals surface area contributed by atoms with Crippen molar-refractivity contribution in [2.45, 2.75) is 64.1 Å². The van der Waals surface area contributed by atoms with Gasteiger partial charge in [0.1, 0.15) is 5.01 Å². The number of nitrogens with one attached hydrogen (secondary N) is 1. The second-order valence-electron chi connectivity index (χ2n) is 6.36. The zero-order valence-electron chi connectivity index (χ0n) is 12.3. The smallest absolute Gasteiger partial charge is 0.115 e. The van der Waals surface area contributed by atoms with Crippen LogP contribution in [0, 0.1) is 6.92 Å². The average Bonchev–Trinajstić information content (AvgIpc) is 2.95. The van der Waals surface area contributed by atoms with Gasteiger partial charge in [-0.2, -0.15) is 0 Å². The summed E-state index contributed by atoms with van der Waals surface area (Å²) in [5.41, 5.74) is 1.27. The second kappa shape index (κ2) is 5.15. The van der Waals surface area contributed by atoms with Crippen LogP contribution in [0.2, 0.25) is 0 Å². The van der Waals surface area contributed by atoms with Crippen molar-refractivity contribution in [3.05, 3.63) is 16.1 Å². The first-order chi connectivity index (χ1) is 9.12. The topological polar surface area (TPSA) is 28.2 Å². The molecule has 2 unspecified atom stereocenters. The van der Waals surface area contributed by atoms with Crippen molar-refractivity contribution in [2.75, 3.05) is 13.1 Å². The molecule has 0 radical (unpaired) electrons. The quantitative estimate of drug-likeness (QED) is 0.922. The summed E-state index contributed by atoms with van der Waals surface area (Å²) in [4.78, 5) is 7.53. The number of aromatic nitrogens is 1. The first-order valence-electron chi connectivity index (χ1n) is 7.56. The summed E-state index contributed by atoms with van der Waals surface area (Å²) < 4.78 is 0. The van der Waals surface area contributed by atoms with Crippen LogP contribution in [-0.4, -0.2) is 35.1 Å². The maximum absolute atomic E-state index is 4.84. The van der Waals surface area contributed by atoms with Crippen LogP contribution in [0.5, 0.6) is 0 Å². The van der Waals surface area contributed by atoms with Crippen molar-refractivity contribution in [2.24, 2.45) is 0 Å². The highest BCUT2D eigenvalue weighted by Gasteiger charge is 2.50. The highest BCUT2D eigenvalue weighted by molar-refractivity contribution is 7.09. The van der Waals surface area contributed by atoms with Gasteiger partial charge in [0.2, 0.25) is 0 Å². The molecule has 0 bridgehead atoms. The lowest BCUT2D eigenvalue weighted by Crippen LogP contribution is -2.55. The van der Waals surface area contributed by atoms with Gasteiger partial charge in [0.25, 0.3) is 0 Å². The van der Waals surface area contributed by atoms with Gasteiger partial charge in [-0.1, -0.05) is 6.42 Å². The molecule has 3 heterocycles. The highest BCUT2D eigenvalue weighted by atomic mass is 32.1. The molecule has 2 aliphatic rings. The van der Waals surface area contributed by atoms with Crippen LogP contribution in [0.1, 0.15) is 50.2 Å². The number of hydrogen-bond donors (Lipinski definition) is 1. The molecule has 3 rings (SSSR count). The summed E-state index contributed by atoms with van der Waals surface area (Å²) in [7, 11) is 0. The summed E-state index contributed by atoms with van der Waals surface area (Å²) in [6.07, 6.45) is 5.26. The third kappa shape index (κ3) is 2.34. The maximum Gasteiger partial charge on any atom is 0.115 e. The molecule has 3 nitrogen and oxygen atoms in total. The van der Waals surface area contributed by atoms with Gasteiger partial charge >= 0.3 is 0 Å². The van der Waals surface area contributed by atoms with Gasteiger partial charge in [-0.25, -0.2) is 4.98 Å². The van der Waals surface area contributed by atoms with Gasteiger partial charge < -0.3 is 5.32 Å². The number of nitrogens with zero attached hydrogens (tertiary/aromatic N) is 2. The lowest BCUT2D eigenvalue weighted by molar-refractivity contribution is 0.130. The molecule has 0 aliphatic carbocycles. The van der Waals surface area contributed by atoms with Gasteiger partial charge in [0.05, 0.1) is 5.54 Å². The molecule has 2 aliphatic heterocycles. The van der Waals surface area contributed by atoms with E-state index in [9.17, 15) is 0 Å². The van der Waals surface area contributed by atoms with Crippen LogP contribution >= 0.6 is 11.3 Å². The molecule has 19 heavy (non-hydrogen) atoms. The van der Waals surface area contributed by atoms with Crippen LogP contribution in [0.4, 0.5) is 0 Å². The number of aryl methyl sites for hydroxylation is 1. The molecule has 0 saturated carbocycles. The summed E-state index contributed by atoms with van der Waals surface area (Å²) in [5, 5.41) is 7.40. The van der Waals surface area contributed by atoms with E-state index in [-0.39, 0.29) is 5.54 Å². The zero-order valence-corrected chi connectivity index (χ0v) is 13.1. The van der Waals surface area contributed by atoms with Gasteiger partial charge in [-0.15, -0.1) is 11.3 Å². The minimum absolute atomic E-state index is 0.105. The van der Waals surface area contributed by atoms with E-state index in [2.05, 4.69) is 36.4 Å². The van der Waals surface area contributed by atoms with Gasteiger partial charge in [-0.05, 0) is 46.6 Å². The van der Waals surface area contributed by atoms with E-state index in [4.69, 9.17) is 4.98 Å². The summed E-state index contributed by atoms with van der Waals surface area (Å²) >= 11 is 1.84. The van der Waals surface area contributed by atoms with E-state index in [1.165, 1.54) is 49.5 Å². The normalized spacial score (nSPS) is 31.9. The number of rotatable bonds is 3. The van der Waals surface area contributed by atoms with Crippen molar-refractivity contribution < 1.29 is 0 Å². The van der Waals surface area contributed by atoms with E-state index < -0.39 is 0 Å². The Labute approximate surface area is 120 Å². The zero-order chi connectivity index (χ0) is 13.5. The van der Waals surface area contributed by atoms with E-state index in [0.717, 1.165) is 0 Å². The minimum Gasteiger partial charge on any atom is -0.302 e. The molecule has 0 spiro atoms. The first kappa shape index (κ1) is 13.5. The van der Waals surface area contributed by atoms with Crippen molar-refractivity contribution in [3.8, 4) is 0 Å². The van der Waals surface area contributed by atoms with E-state index >= 15 is 0 Å². The predicted octanol–water partition coefficient (Wildman–Crippen LogP) is 2.90. The Balaban J connectivity index is 1.97. The van der Waals surface area contributed by atoms with Crippen LogP contribution in [0.3, 0.4) is 0 Å². The van der Waals surface area contributed by atoms with E-state index in [1.54, 1.807) is 0 Å². The highest BCUT2D eigenvalue weighted by Crippen LogP contribution is 2.43. The average molecular weight is 279 g/mol. The molecule has 0 amide bonds. The van der Waals surface area contributed by atoms with Crippen LogP contribution in [0.25, 0.3) is 0 Å². The molecule has 1 aromatic heterocycles. The molecule has 4 heteroatoms. The molecular formula is C15H25N3S. The monoisotopic (exact) mass is 279 g/mol. The van der Waals surface area contributed by atoms with Crippen molar-refractivity contribution >= 4 is 11.3 Å². The molecule has 1 aromatic rings. The Morgan fingerprint density at radius 2 is 2.26 bits per heavy atom. The number of piperidine rings is 1. The standard InChI is InChI=1S/C15H25N3S/c1-11(2)17-15(14-16-12(3)10-19-14)7-9-18-8-5-4-6-13(15)18/h10-11,13,17H,4-9H2,1-3H3. The lowest BCUT2D eigenvalue weighted by Gasteiger charge is -2.41. The molecular weight excluding hydrogens is 254 g/mol. The molecule has 0 aromatic carbocycles. The second-order valence-corrected chi connectivity index (χ2v) is 7.22. The summed E-state index contributed by atoms with van der Waals surface area (Å²) in [5.74, 6) is 0. The van der Waals surface area contributed by atoms with Crippen molar-refractivity contribution in [1.82, 2.24) is 15.2 Å². The van der Waals surface area contributed by atoms with Gasteiger partial charge in [0.15, 0.2) is 0 Å². The first-order valence-corrected chi connectivity index (χ1v) is 8.44. The number of fused-ring (bicyclic) bond motifs is 1. The Hall–Kier alpha value is -0.450. The molecule has 2 saturated heterocycles. The lowest BCUT2D eigenvalue weighted by atomic mass is 9.85. The minimum atomic E-state index is 0.105. The van der Waals surface area contributed by atoms with E-state index in [1.807, 2.05) is 11.3 Å². The number of hydrogen-bond acceptors (Lipinski definition) is 4. The fourth-order valence-corrected chi connectivity index (χ4v) is 4.90. The van der Waals surface area contributed by atoms with Gasteiger partial charge in [-0.3, -0.25) is 4.90 Å². The Kier molecular flexibility index (Phi) is 3.67. The molecule has 1 N–H and O–H groups in total. The molecule has 2 atom stereocenters. The Bertz CT molecular complexity index is 442. The summed E-state index contributed by atoms with van der Waals surface area (Å²) in [6.45, 7) is 9.12. The predicted molar refractivity (Wildman–Crippen MR) is 80.6 cm³/mol. The van der Waals surface area contributed by atoms with Crippen LogP contribution in [-0.2, 0) is 5.54 Å². The van der Waals surface area contributed by atoms with Crippen LogP contribution < -0.4 is 5.32 Å². The fraction of sp³-hybridized carbons (Fsp3) is 0.800. The molecule has 2 fully saturated rings. The van der Waals surface area contributed by atoms with Crippen molar-refractivity contribution in [1.29, 1.82) is 0 Å². The third-order valence-corrected chi connectivity index (χ3v) is 5.66. The third-order valence-electron chi connectivity index (χ3n) is 4.52. The fourth-order valence-electron chi connectivity index (χ4n) is 3.86. The van der Waals surface area contributed by atoms with E-state index in [0.29, 0.717) is 12.1 Å². The van der Waals surface area contributed by atoms with Crippen molar-refractivity contribution in [3.63, 3.8) is 0 Å². The summed E-state index contributed by atoms with van der Waals surface area (Å²) in [6, 6.07) is 1.15. The maximum atomic E-state index is 4.84. The van der Waals surface area contributed by atoms with Gasteiger partial charge in [0, 0.05) is 29.7 Å². The Morgan fingerprint density at radius 1 is 1.42 bits per heavy atom. The Morgan fingerprint density at radius 3 is 2.95 bits per heavy atom. The largest absolute Gasteiger partial charge is 0.302 e. The van der Waals surface area contributed by atoms with Crippen LogP contribution in [0.15, 0.2) is 5.38 Å². The SMILES string of the molecule is Cc1csc(C2(NC(C)C)CCN3CCCCC32)n1. The number of thiazole rings is 1. The molecule has 106 valence electrons.